The van der Waals surface area contributed by atoms with Crippen LogP contribution in [0.25, 0.3) is 0 Å². The van der Waals surface area contributed by atoms with Gasteiger partial charge in [-0.2, -0.15) is 18.3 Å². The first-order chi connectivity index (χ1) is 12.6. The number of nitrogens with zero attached hydrogens (tertiary/aromatic N) is 3. The van der Waals surface area contributed by atoms with Gasteiger partial charge >= 0.3 is 12.1 Å². The minimum atomic E-state index is -4.65. The molecule has 2 aromatic rings. The first-order valence-corrected chi connectivity index (χ1v) is 7.42. The van der Waals surface area contributed by atoms with Crippen molar-refractivity contribution in [3.63, 3.8) is 0 Å². The summed E-state index contributed by atoms with van der Waals surface area (Å²) in [6, 6.07) is 6.05. The fourth-order valence-corrected chi connectivity index (χ4v) is 1.99. The molecule has 0 aliphatic heterocycles. The molecule has 0 aliphatic carbocycles. The molecule has 0 radical (unpaired) electrons. The van der Waals surface area contributed by atoms with Crippen molar-refractivity contribution in [2.45, 2.75) is 25.7 Å². The van der Waals surface area contributed by atoms with E-state index in [-0.39, 0.29) is 11.4 Å². The molecule has 0 aliphatic rings. The van der Waals surface area contributed by atoms with Gasteiger partial charge in [-0.15, -0.1) is 0 Å². The van der Waals surface area contributed by atoms with Crippen LogP contribution in [0.5, 0.6) is 0 Å². The van der Waals surface area contributed by atoms with Crippen LogP contribution in [0.15, 0.2) is 36.5 Å². The van der Waals surface area contributed by atoms with Crippen molar-refractivity contribution in [2.75, 3.05) is 5.32 Å². The van der Waals surface area contributed by atoms with Gasteiger partial charge in [-0.3, -0.25) is 24.4 Å². The second-order valence-electron chi connectivity index (χ2n) is 5.29. The van der Waals surface area contributed by atoms with Gasteiger partial charge in [-0.05, 0) is 19.1 Å². The Balaban J connectivity index is 1.95. The first kappa shape index (κ1) is 19.9. The number of nitro groups is 1. The average Bonchev–Trinajstić information content (AvgIpc) is 3.03. The molecule has 0 bridgehead atoms. The van der Waals surface area contributed by atoms with Crippen molar-refractivity contribution in [1.82, 2.24) is 9.78 Å². The highest BCUT2D eigenvalue weighted by Gasteiger charge is 2.33. The number of esters is 1. The lowest BCUT2D eigenvalue weighted by Gasteiger charge is -2.13. The number of ether oxygens (including phenoxy) is 1. The number of halogens is 3. The minimum absolute atomic E-state index is 0.0858. The summed E-state index contributed by atoms with van der Waals surface area (Å²) in [5.74, 6) is -1.84. The lowest BCUT2D eigenvalue weighted by Crippen LogP contribution is -2.31. The molecule has 1 atom stereocenters. The number of para-hydroxylation sites is 2. The number of nitrogens with one attached hydrogen (secondary N) is 1. The van der Waals surface area contributed by atoms with Crippen molar-refractivity contribution in [3.8, 4) is 0 Å². The van der Waals surface area contributed by atoms with Crippen molar-refractivity contribution < 1.29 is 32.4 Å². The fraction of sp³-hybridized carbons (Fsp3) is 0.267. The van der Waals surface area contributed by atoms with Crippen molar-refractivity contribution in [1.29, 1.82) is 0 Å². The normalized spacial score (nSPS) is 12.3. The topological polar surface area (TPSA) is 116 Å². The largest absolute Gasteiger partial charge is 0.451 e. The molecule has 0 saturated heterocycles. The summed E-state index contributed by atoms with van der Waals surface area (Å²) in [5.41, 5.74) is -1.60. The fourth-order valence-electron chi connectivity index (χ4n) is 1.99. The maximum atomic E-state index is 12.5. The number of carbonyl (C=O) groups is 2. The molecule has 1 unspecified atom stereocenters. The van der Waals surface area contributed by atoms with Crippen LogP contribution in [0.1, 0.15) is 12.6 Å². The van der Waals surface area contributed by atoms with Crippen LogP contribution in [0, 0.1) is 10.1 Å². The van der Waals surface area contributed by atoms with E-state index in [9.17, 15) is 32.9 Å². The van der Waals surface area contributed by atoms with Crippen LogP contribution >= 0.6 is 0 Å². The number of nitro benzene ring substituents is 1. The Kier molecular flexibility index (Phi) is 5.78. The molecule has 2 rings (SSSR count). The van der Waals surface area contributed by atoms with E-state index in [2.05, 4.69) is 10.4 Å². The van der Waals surface area contributed by atoms with Crippen LogP contribution in [0.2, 0.25) is 0 Å². The third-order valence-electron chi connectivity index (χ3n) is 3.26. The summed E-state index contributed by atoms with van der Waals surface area (Å²) in [6.07, 6.45) is -5.04. The zero-order valence-electron chi connectivity index (χ0n) is 13.8. The van der Waals surface area contributed by atoms with Crippen LogP contribution in [0.4, 0.5) is 24.5 Å². The number of rotatable bonds is 6. The molecule has 12 heteroatoms. The quantitative estimate of drug-likeness (QED) is 0.463. The number of hydrogen-bond donors (Lipinski definition) is 1. The van der Waals surface area contributed by atoms with E-state index in [1.807, 2.05) is 0 Å². The molecule has 144 valence electrons. The van der Waals surface area contributed by atoms with Crippen molar-refractivity contribution in [3.05, 3.63) is 52.3 Å². The maximum Gasteiger partial charge on any atom is 0.435 e. The number of carbonyl (C=O) groups excluding carboxylic acids is 2. The highest BCUT2D eigenvalue weighted by atomic mass is 19.4. The number of alkyl halides is 3. The number of benzene rings is 1. The van der Waals surface area contributed by atoms with Crippen LogP contribution in [0.3, 0.4) is 0 Å². The molecule has 1 heterocycles. The van der Waals surface area contributed by atoms with E-state index in [1.54, 1.807) is 0 Å². The number of anilines is 1. The van der Waals surface area contributed by atoms with E-state index in [1.165, 1.54) is 31.2 Å². The summed E-state index contributed by atoms with van der Waals surface area (Å²) in [5, 5.41) is 16.3. The first-order valence-electron chi connectivity index (χ1n) is 7.42. The summed E-state index contributed by atoms with van der Waals surface area (Å²) in [7, 11) is 0. The molecule has 0 spiro atoms. The van der Waals surface area contributed by atoms with Gasteiger partial charge in [0.1, 0.15) is 12.2 Å². The number of amides is 1. The zero-order valence-corrected chi connectivity index (χ0v) is 13.8. The van der Waals surface area contributed by atoms with E-state index in [0.717, 1.165) is 10.9 Å². The summed E-state index contributed by atoms with van der Waals surface area (Å²) >= 11 is 0. The van der Waals surface area contributed by atoms with Crippen molar-refractivity contribution in [2.24, 2.45) is 0 Å². The van der Waals surface area contributed by atoms with Crippen molar-refractivity contribution >= 4 is 23.3 Å². The van der Waals surface area contributed by atoms with Crippen LogP contribution < -0.4 is 5.32 Å². The van der Waals surface area contributed by atoms with Gasteiger partial charge in [0.15, 0.2) is 11.8 Å². The van der Waals surface area contributed by atoms with Gasteiger partial charge in [0.2, 0.25) is 0 Å². The van der Waals surface area contributed by atoms with Gasteiger partial charge < -0.3 is 10.1 Å². The predicted octanol–water partition coefficient (Wildman–Crippen LogP) is 2.38. The maximum absolute atomic E-state index is 12.5. The summed E-state index contributed by atoms with van der Waals surface area (Å²) in [4.78, 5) is 34.0. The zero-order chi connectivity index (χ0) is 20.2. The second-order valence-corrected chi connectivity index (χ2v) is 5.29. The second kappa shape index (κ2) is 7.85. The monoisotopic (exact) mass is 386 g/mol. The Morgan fingerprint density at radius 3 is 2.59 bits per heavy atom. The summed E-state index contributed by atoms with van der Waals surface area (Å²) < 4.78 is 42.9. The van der Waals surface area contributed by atoms with E-state index in [4.69, 9.17) is 4.74 Å². The highest BCUT2D eigenvalue weighted by molar-refractivity contribution is 5.96. The molecule has 0 saturated carbocycles. The molecular formula is C15H13F3N4O5. The van der Waals surface area contributed by atoms with Crippen LogP contribution in [-0.2, 0) is 27.0 Å². The number of aromatic nitrogens is 2. The Labute approximate surface area is 149 Å². The Morgan fingerprint density at radius 2 is 2.00 bits per heavy atom. The standard InChI is InChI=1S/C15H13F3N4O5/c1-9(14(24)19-10-4-2-3-5-11(10)22(25)26)27-13(23)8-21-7-6-12(20-21)15(16,17)18/h2-7,9H,8H2,1H3,(H,19,24). The van der Waals surface area contributed by atoms with E-state index >= 15 is 0 Å². The summed E-state index contributed by atoms with van der Waals surface area (Å²) in [6.45, 7) is 0.575. The van der Waals surface area contributed by atoms with Gasteiger partial charge in [-0.1, -0.05) is 12.1 Å². The molecule has 1 aromatic heterocycles. The predicted molar refractivity (Wildman–Crippen MR) is 84.5 cm³/mol. The third-order valence-corrected chi connectivity index (χ3v) is 3.26. The molecule has 1 amide bonds. The molecule has 1 N–H and O–H groups in total. The highest BCUT2D eigenvalue weighted by Crippen LogP contribution is 2.27. The SMILES string of the molecule is CC(OC(=O)Cn1ccc(C(F)(F)F)n1)C(=O)Nc1ccccc1[N+](=O)[O-]. The molecule has 0 fully saturated rings. The molecule has 9 nitrogen and oxygen atoms in total. The third kappa shape index (κ3) is 5.26. The Hall–Kier alpha value is -3.44. The van der Waals surface area contributed by atoms with Gasteiger partial charge in [0.25, 0.3) is 11.6 Å². The van der Waals surface area contributed by atoms with Gasteiger partial charge in [-0.25, -0.2) is 0 Å². The number of hydrogen-bond acceptors (Lipinski definition) is 6. The van der Waals surface area contributed by atoms with E-state index in [0.29, 0.717) is 6.07 Å². The molecule has 27 heavy (non-hydrogen) atoms. The lowest BCUT2D eigenvalue weighted by atomic mass is 10.2. The smallest absolute Gasteiger partial charge is 0.435 e. The van der Waals surface area contributed by atoms with Gasteiger partial charge in [0.05, 0.1) is 4.92 Å². The Bertz CT molecular complexity index is 865. The molecular weight excluding hydrogens is 373 g/mol. The lowest BCUT2D eigenvalue weighted by molar-refractivity contribution is -0.383. The minimum Gasteiger partial charge on any atom is -0.451 e. The molecule has 1 aromatic carbocycles. The van der Waals surface area contributed by atoms with E-state index < -0.39 is 41.3 Å². The van der Waals surface area contributed by atoms with Gasteiger partial charge in [0, 0.05) is 12.3 Å². The Morgan fingerprint density at radius 1 is 1.33 bits per heavy atom. The van der Waals surface area contributed by atoms with Crippen LogP contribution in [-0.4, -0.2) is 32.7 Å². The average molecular weight is 386 g/mol.